The lowest BCUT2D eigenvalue weighted by molar-refractivity contribution is -0.384. The average Bonchev–Trinajstić information content (AvgIpc) is 2.47. The number of rotatable bonds is 6. The lowest BCUT2D eigenvalue weighted by atomic mass is 10.1. The van der Waals surface area contributed by atoms with Gasteiger partial charge in [0.1, 0.15) is 0 Å². The normalized spacial score (nSPS) is 11.8. The third-order valence-corrected chi connectivity index (χ3v) is 4.12. The number of thioether (sulfide) groups is 1. The van der Waals surface area contributed by atoms with Crippen molar-refractivity contribution in [3.63, 3.8) is 0 Å². The smallest absolute Gasteiger partial charge is 0.304 e. The molecule has 1 N–H and O–H groups in total. The first-order chi connectivity index (χ1) is 10.1. The topological polar surface area (TPSA) is 80.4 Å². The van der Waals surface area contributed by atoms with Gasteiger partial charge >= 0.3 is 5.97 Å². The van der Waals surface area contributed by atoms with Crippen LogP contribution in [0.25, 0.3) is 0 Å². The maximum absolute atomic E-state index is 11.0. The molecule has 6 heteroatoms. The van der Waals surface area contributed by atoms with Crippen molar-refractivity contribution in [2.24, 2.45) is 0 Å². The van der Waals surface area contributed by atoms with E-state index >= 15 is 0 Å². The number of hydrogen-bond acceptors (Lipinski definition) is 4. The van der Waals surface area contributed by atoms with Crippen LogP contribution in [0, 0.1) is 10.1 Å². The molecule has 21 heavy (non-hydrogen) atoms. The SMILES string of the molecule is O=C(O)CC(Sc1ccc([N+](=O)[O-])cc1)c1ccccc1. The molecular formula is C15H13NO4S. The highest BCUT2D eigenvalue weighted by atomic mass is 32.2. The maximum Gasteiger partial charge on any atom is 0.304 e. The van der Waals surface area contributed by atoms with Gasteiger partial charge < -0.3 is 5.11 Å². The van der Waals surface area contributed by atoms with Crippen LogP contribution in [0.2, 0.25) is 0 Å². The third kappa shape index (κ3) is 4.32. The minimum Gasteiger partial charge on any atom is -0.481 e. The summed E-state index contributed by atoms with van der Waals surface area (Å²) in [6.07, 6.45) is -0.00827. The summed E-state index contributed by atoms with van der Waals surface area (Å²) in [6.45, 7) is 0. The second-order valence-corrected chi connectivity index (χ2v) is 5.64. The zero-order valence-electron chi connectivity index (χ0n) is 11.0. The molecule has 0 aliphatic rings. The number of non-ortho nitro benzene ring substituents is 1. The Balaban J connectivity index is 2.18. The molecule has 0 fully saturated rings. The van der Waals surface area contributed by atoms with E-state index in [-0.39, 0.29) is 17.4 Å². The van der Waals surface area contributed by atoms with E-state index in [0.29, 0.717) is 0 Å². The van der Waals surface area contributed by atoms with E-state index in [2.05, 4.69) is 0 Å². The minimum atomic E-state index is -0.877. The van der Waals surface area contributed by atoms with Crippen molar-refractivity contribution in [3.05, 3.63) is 70.3 Å². The number of benzene rings is 2. The van der Waals surface area contributed by atoms with Crippen molar-refractivity contribution in [3.8, 4) is 0 Å². The number of aliphatic carboxylic acids is 1. The van der Waals surface area contributed by atoms with Gasteiger partial charge in [0.2, 0.25) is 0 Å². The Kier molecular flexibility index (Phi) is 4.94. The molecule has 2 rings (SSSR count). The summed E-state index contributed by atoms with van der Waals surface area (Å²) in [5, 5.41) is 19.4. The Morgan fingerprint density at radius 2 is 1.76 bits per heavy atom. The van der Waals surface area contributed by atoms with Gasteiger partial charge in [-0.15, -0.1) is 11.8 Å². The number of hydrogen-bond donors (Lipinski definition) is 1. The molecule has 2 aromatic rings. The molecule has 0 heterocycles. The van der Waals surface area contributed by atoms with Crippen molar-refractivity contribution in [2.75, 3.05) is 0 Å². The number of carbonyl (C=O) groups is 1. The average molecular weight is 303 g/mol. The van der Waals surface area contributed by atoms with Crippen LogP contribution in [-0.4, -0.2) is 16.0 Å². The highest BCUT2D eigenvalue weighted by molar-refractivity contribution is 7.99. The predicted molar refractivity (Wildman–Crippen MR) is 80.4 cm³/mol. The van der Waals surface area contributed by atoms with Crippen LogP contribution < -0.4 is 0 Å². The highest BCUT2D eigenvalue weighted by Crippen LogP contribution is 2.38. The molecule has 0 amide bonds. The van der Waals surface area contributed by atoms with Crippen molar-refractivity contribution < 1.29 is 14.8 Å². The fourth-order valence-corrected chi connectivity index (χ4v) is 3.01. The van der Waals surface area contributed by atoms with Gasteiger partial charge in [0.25, 0.3) is 5.69 Å². The van der Waals surface area contributed by atoms with Crippen molar-refractivity contribution in [2.45, 2.75) is 16.6 Å². The van der Waals surface area contributed by atoms with Gasteiger partial charge in [0.05, 0.1) is 11.3 Å². The van der Waals surface area contributed by atoms with E-state index in [0.717, 1.165) is 10.5 Å². The Labute approximate surface area is 125 Å². The molecule has 2 aromatic carbocycles. The van der Waals surface area contributed by atoms with E-state index in [9.17, 15) is 14.9 Å². The van der Waals surface area contributed by atoms with E-state index in [1.54, 1.807) is 12.1 Å². The largest absolute Gasteiger partial charge is 0.481 e. The van der Waals surface area contributed by atoms with Crippen LogP contribution in [-0.2, 0) is 4.79 Å². The second-order valence-electron chi connectivity index (χ2n) is 4.37. The van der Waals surface area contributed by atoms with Gasteiger partial charge in [-0.25, -0.2) is 0 Å². The molecule has 0 radical (unpaired) electrons. The van der Waals surface area contributed by atoms with Gasteiger partial charge in [-0.1, -0.05) is 30.3 Å². The maximum atomic E-state index is 11.0. The lowest BCUT2D eigenvalue weighted by Gasteiger charge is -2.14. The molecule has 0 aromatic heterocycles. The summed E-state index contributed by atoms with van der Waals surface area (Å²) in [6, 6.07) is 15.5. The number of carboxylic acid groups (broad SMARTS) is 1. The van der Waals surface area contributed by atoms with Gasteiger partial charge in [0, 0.05) is 22.3 Å². The first-order valence-electron chi connectivity index (χ1n) is 6.24. The first-order valence-corrected chi connectivity index (χ1v) is 7.12. The molecule has 1 unspecified atom stereocenters. The van der Waals surface area contributed by atoms with Crippen LogP contribution >= 0.6 is 11.8 Å². The predicted octanol–water partition coefficient (Wildman–Crippen LogP) is 3.90. The molecule has 0 bridgehead atoms. The molecule has 0 aliphatic carbocycles. The fourth-order valence-electron chi connectivity index (χ4n) is 1.86. The van der Waals surface area contributed by atoms with Crippen LogP contribution in [0.3, 0.4) is 0 Å². The quantitative estimate of drug-likeness (QED) is 0.497. The van der Waals surface area contributed by atoms with E-state index < -0.39 is 10.9 Å². The number of carboxylic acids is 1. The number of nitro groups is 1. The Bertz CT molecular complexity index is 628. The molecule has 0 aliphatic heterocycles. The molecule has 0 saturated heterocycles. The lowest BCUT2D eigenvalue weighted by Crippen LogP contribution is -2.03. The van der Waals surface area contributed by atoms with Gasteiger partial charge in [0.15, 0.2) is 0 Å². The number of nitro benzene ring substituents is 1. The number of nitrogens with zero attached hydrogens (tertiary/aromatic N) is 1. The monoisotopic (exact) mass is 303 g/mol. The van der Waals surface area contributed by atoms with Crippen LogP contribution in [0.5, 0.6) is 0 Å². The summed E-state index contributed by atoms with van der Waals surface area (Å²) in [5.74, 6) is -0.877. The summed E-state index contributed by atoms with van der Waals surface area (Å²) in [7, 11) is 0. The molecule has 0 saturated carbocycles. The van der Waals surface area contributed by atoms with Gasteiger partial charge in [-0.05, 0) is 17.7 Å². The summed E-state index contributed by atoms with van der Waals surface area (Å²) in [4.78, 5) is 22.0. The summed E-state index contributed by atoms with van der Waals surface area (Å²) >= 11 is 1.39. The summed E-state index contributed by atoms with van der Waals surface area (Å²) < 4.78 is 0. The molecule has 0 spiro atoms. The zero-order chi connectivity index (χ0) is 15.2. The standard InChI is InChI=1S/C15H13NO4S/c17-15(18)10-14(11-4-2-1-3-5-11)21-13-8-6-12(7-9-13)16(19)20/h1-9,14H,10H2,(H,17,18). The van der Waals surface area contributed by atoms with E-state index in [1.165, 1.54) is 23.9 Å². The third-order valence-electron chi connectivity index (χ3n) is 2.86. The molecule has 108 valence electrons. The molecule has 1 atom stereocenters. The van der Waals surface area contributed by atoms with Crippen molar-refractivity contribution in [1.82, 2.24) is 0 Å². The Morgan fingerprint density at radius 3 is 2.29 bits per heavy atom. The minimum absolute atomic E-state index is 0.00827. The zero-order valence-corrected chi connectivity index (χ0v) is 11.8. The van der Waals surface area contributed by atoms with Crippen molar-refractivity contribution in [1.29, 1.82) is 0 Å². The highest BCUT2D eigenvalue weighted by Gasteiger charge is 2.17. The van der Waals surface area contributed by atoms with Crippen molar-refractivity contribution >= 4 is 23.4 Å². The first kappa shape index (κ1) is 15.1. The van der Waals surface area contributed by atoms with Crippen LogP contribution in [0.4, 0.5) is 5.69 Å². The molecular weight excluding hydrogens is 290 g/mol. The summed E-state index contributed by atoms with van der Waals surface area (Å²) in [5.41, 5.74) is 0.942. The van der Waals surface area contributed by atoms with E-state index in [1.807, 2.05) is 30.3 Å². The molecule has 5 nitrogen and oxygen atoms in total. The van der Waals surface area contributed by atoms with Crippen LogP contribution in [0.1, 0.15) is 17.2 Å². The van der Waals surface area contributed by atoms with E-state index in [4.69, 9.17) is 5.11 Å². The van der Waals surface area contributed by atoms with Crippen LogP contribution in [0.15, 0.2) is 59.5 Å². The Hall–Kier alpha value is -2.34. The van der Waals surface area contributed by atoms with Gasteiger partial charge in [-0.3, -0.25) is 14.9 Å². The second kappa shape index (κ2) is 6.90. The fraction of sp³-hybridized carbons (Fsp3) is 0.133. The Morgan fingerprint density at radius 1 is 1.14 bits per heavy atom. The van der Waals surface area contributed by atoms with Gasteiger partial charge in [-0.2, -0.15) is 0 Å².